The second kappa shape index (κ2) is 3.29. The van der Waals surface area contributed by atoms with Crippen LogP contribution in [0.1, 0.15) is 0 Å². The van der Waals surface area contributed by atoms with E-state index in [0.717, 1.165) is 6.61 Å². The van der Waals surface area contributed by atoms with Gasteiger partial charge < -0.3 is 9.47 Å². The maximum atomic E-state index is 7.79. The average molecular weight is 129 g/mol. The van der Waals surface area contributed by atoms with Crippen molar-refractivity contribution in [3.63, 3.8) is 0 Å². The third-order valence-electron chi connectivity index (χ3n) is 0.918. The zero-order chi connectivity index (χ0) is 6.53. The Hall–Kier alpha value is -0.770. The maximum absolute atomic E-state index is 7.79. The van der Waals surface area contributed by atoms with Crippen LogP contribution in [0.15, 0.2) is 5.11 Å². The summed E-state index contributed by atoms with van der Waals surface area (Å²) in [7, 11) is 0. The van der Waals surface area contributed by atoms with Crippen molar-refractivity contribution in [2.24, 2.45) is 5.11 Å². The van der Waals surface area contributed by atoms with Gasteiger partial charge in [-0.2, -0.15) is 0 Å². The normalized spacial score (nSPS) is 22.9. The van der Waals surface area contributed by atoms with Crippen LogP contribution in [0.25, 0.3) is 10.4 Å². The molecule has 1 rings (SSSR count). The molecular weight excluding hydrogens is 122 g/mol. The fraction of sp³-hybridized carbons (Fsp3) is 1.00. The van der Waals surface area contributed by atoms with Crippen LogP contribution in [0, 0.1) is 0 Å². The van der Waals surface area contributed by atoms with Crippen molar-refractivity contribution in [3.8, 4) is 0 Å². The molecule has 0 aromatic carbocycles. The van der Waals surface area contributed by atoms with Crippen LogP contribution in [-0.2, 0) is 9.47 Å². The minimum absolute atomic E-state index is 0.108. The standard InChI is InChI=1S/C4H7N3O2/c5-7-6-3-8-1-4-2-9-4/h4H,1-3H2. The summed E-state index contributed by atoms with van der Waals surface area (Å²) >= 11 is 0. The summed E-state index contributed by atoms with van der Waals surface area (Å²) in [5.74, 6) is 0. The molecule has 0 radical (unpaired) electrons. The lowest BCUT2D eigenvalue weighted by molar-refractivity contribution is 0.122. The Morgan fingerprint density at radius 2 is 2.67 bits per heavy atom. The average Bonchev–Trinajstić information content (AvgIpc) is 2.63. The number of ether oxygens (including phenoxy) is 2. The molecule has 1 fully saturated rings. The molecule has 1 heterocycles. The van der Waals surface area contributed by atoms with Crippen LogP contribution in [0.5, 0.6) is 0 Å². The topological polar surface area (TPSA) is 70.5 Å². The molecule has 9 heavy (non-hydrogen) atoms. The van der Waals surface area contributed by atoms with E-state index >= 15 is 0 Å². The van der Waals surface area contributed by atoms with E-state index in [1.807, 2.05) is 0 Å². The smallest absolute Gasteiger partial charge is 0.126 e. The third kappa shape index (κ3) is 2.92. The lowest BCUT2D eigenvalue weighted by Crippen LogP contribution is -1.99. The first kappa shape index (κ1) is 6.35. The summed E-state index contributed by atoms with van der Waals surface area (Å²) in [4.78, 5) is 2.51. The molecule has 1 unspecified atom stereocenters. The van der Waals surface area contributed by atoms with Gasteiger partial charge in [0.05, 0.1) is 13.2 Å². The predicted octanol–water partition coefficient (Wildman–Crippen LogP) is 0.670. The molecule has 0 aromatic rings. The maximum Gasteiger partial charge on any atom is 0.126 e. The second-order valence-electron chi connectivity index (χ2n) is 1.69. The van der Waals surface area contributed by atoms with Crippen LogP contribution in [0.2, 0.25) is 0 Å². The highest BCUT2D eigenvalue weighted by Crippen LogP contribution is 2.07. The minimum Gasteiger partial charge on any atom is -0.373 e. The van der Waals surface area contributed by atoms with Gasteiger partial charge in [0, 0.05) is 4.91 Å². The fourth-order valence-corrected chi connectivity index (χ4v) is 0.415. The molecule has 0 bridgehead atoms. The Labute approximate surface area is 52.2 Å². The van der Waals surface area contributed by atoms with Gasteiger partial charge in [-0.15, -0.1) is 0 Å². The summed E-state index contributed by atoms with van der Waals surface area (Å²) in [5.41, 5.74) is 7.79. The number of hydrogen-bond acceptors (Lipinski definition) is 3. The Morgan fingerprint density at radius 1 is 1.89 bits per heavy atom. The highest BCUT2D eigenvalue weighted by atomic mass is 16.6. The van der Waals surface area contributed by atoms with Crippen molar-refractivity contribution in [3.05, 3.63) is 10.4 Å². The molecular formula is C4H7N3O2. The lowest BCUT2D eigenvalue weighted by atomic mass is 10.5. The molecule has 0 aromatic heterocycles. The van der Waals surface area contributed by atoms with Gasteiger partial charge in [0.25, 0.3) is 0 Å². The molecule has 0 saturated carbocycles. The highest BCUT2D eigenvalue weighted by Gasteiger charge is 2.21. The summed E-state index contributed by atoms with van der Waals surface area (Å²) < 4.78 is 9.68. The van der Waals surface area contributed by atoms with Crippen LogP contribution in [0.3, 0.4) is 0 Å². The van der Waals surface area contributed by atoms with Gasteiger partial charge in [-0.1, -0.05) is 5.11 Å². The zero-order valence-electron chi connectivity index (χ0n) is 4.86. The van der Waals surface area contributed by atoms with E-state index in [1.54, 1.807) is 0 Å². The van der Waals surface area contributed by atoms with Crippen molar-refractivity contribution in [1.82, 2.24) is 0 Å². The minimum atomic E-state index is 0.108. The van der Waals surface area contributed by atoms with Crippen LogP contribution in [-0.4, -0.2) is 26.0 Å². The van der Waals surface area contributed by atoms with Crippen LogP contribution in [0.4, 0.5) is 0 Å². The van der Waals surface area contributed by atoms with Gasteiger partial charge in [0.2, 0.25) is 0 Å². The first-order chi connectivity index (χ1) is 4.43. The monoisotopic (exact) mass is 129 g/mol. The van der Waals surface area contributed by atoms with E-state index in [4.69, 9.17) is 15.0 Å². The Bertz CT molecular complexity index is 128. The zero-order valence-corrected chi connectivity index (χ0v) is 4.86. The molecule has 1 atom stereocenters. The summed E-state index contributed by atoms with van der Waals surface area (Å²) in [6.07, 6.45) is 0.249. The van der Waals surface area contributed by atoms with Crippen molar-refractivity contribution >= 4 is 0 Å². The molecule has 5 heteroatoms. The van der Waals surface area contributed by atoms with E-state index in [2.05, 4.69) is 10.0 Å². The van der Waals surface area contributed by atoms with Crippen LogP contribution >= 0.6 is 0 Å². The molecule has 0 amide bonds. The first-order valence-electron chi connectivity index (χ1n) is 2.63. The van der Waals surface area contributed by atoms with E-state index in [1.165, 1.54) is 0 Å². The largest absolute Gasteiger partial charge is 0.373 e. The van der Waals surface area contributed by atoms with Crippen molar-refractivity contribution in [2.45, 2.75) is 6.10 Å². The van der Waals surface area contributed by atoms with Gasteiger partial charge in [-0.25, -0.2) is 0 Å². The lowest BCUT2D eigenvalue weighted by Gasteiger charge is -1.91. The first-order valence-corrected chi connectivity index (χ1v) is 2.63. The quantitative estimate of drug-likeness (QED) is 0.184. The molecule has 1 aliphatic rings. The van der Waals surface area contributed by atoms with Crippen molar-refractivity contribution < 1.29 is 9.47 Å². The van der Waals surface area contributed by atoms with Gasteiger partial charge in [-0.05, 0) is 5.53 Å². The van der Waals surface area contributed by atoms with Crippen LogP contribution < -0.4 is 0 Å². The van der Waals surface area contributed by atoms with E-state index < -0.39 is 0 Å². The summed E-state index contributed by atoms with van der Waals surface area (Å²) in [6, 6.07) is 0. The Balaban J connectivity index is 1.86. The van der Waals surface area contributed by atoms with Gasteiger partial charge in [-0.3, -0.25) is 0 Å². The molecule has 5 nitrogen and oxygen atoms in total. The third-order valence-corrected chi connectivity index (χ3v) is 0.918. The molecule has 0 N–H and O–H groups in total. The Morgan fingerprint density at radius 3 is 3.22 bits per heavy atom. The number of azide groups is 1. The van der Waals surface area contributed by atoms with E-state index in [-0.39, 0.29) is 12.8 Å². The van der Waals surface area contributed by atoms with Crippen molar-refractivity contribution in [2.75, 3.05) is 19.9 Å². The SMILES string of the molecule is [N-]=[N+]=NCOCC1CO1. The van der Waals surface area contributed by atoms with E-state index in [9.17, 15) is 0 Å². The molecule has 1 saturated heterocycles. The fourth-order valence-electron chi connectivity index (χ4n) is 0.415. The second-order valence-corrected chi connectivity index (χ2v) is 1.69. The molecule has 0 aliphatic carbocycles. The highest BCUT2D eigenvalue weighted by molar-refractivity contribution is 4.66. The van der Waals surface area contributed by atoms with Crippen molar-refractivity contribution in [1.29, 1.82) is 0 Å². The number of hydrogen-bond donors (Lipinski definition) is 0. The van der Waals surface area contributed by atoms with Gasteiger partial charge in [0.15, 0.2) is 0 Å². The molecule has 50 valence electrons. The molecule has 1 aliphatic heterocycles. The Kier molecular flexibility index (Phi) is 2.32. The summed E-state index contributed by atoms with van der Waals surface area (Å²) in [5, 5.41) is 3.17. The number of rotatable bonds is 4. The van der Waals surface area contributed by atoms with Gasteiger partial charge >= 0.3 is 0 Å². The summed E-state index contributed by atoms with van der Waals surface area (Å²) in [6.45, 7) is 1.42. The van der Waals surface area contributed by atoms with E-state index in [0.29, 0.717) is 6.61 Å². The number of nitrogens with zero attached hydrogens (tertiary/aromatic N) is 3. The number of epoxide rings is 1. The van der Waals surface area contributed by atoms with Gasteiger partial charge in [0.1, 0.15) is 12.8 Å². The predicted molar refractivity (Wildman–Crippen MR) is 29.7 cm³/mol. The molecule has 0 spiro atoms.